The lowest BCUT2D eigenvalue weighted by atomic mass is 10.1. The van der Waals surface area contributed by atoms with Crippen molar-refractivity contribution in [1.82, 2.24) is 14.9 Å². The minimum absolute atomic E-state index is 0.0449. The van der Waals surface area contributed by atoms with Gasteiger partial charge in [0.2, 0.25) is 0 Å². The van der Waals surface area contributed by atoms with Gasteiger partial charge in [-0.1, -0.05) is 24.3 Å². The maximum atomic E-state index is 12.9. The van der Waals surface area contributed by atoms with Gasteiger partial charge in [-0.2, -0.15) is 0 Å². The summed E-state index contributed by atoms with van der Waals surface area (Å²) in [7, 11) is -4.00. The third-order valence-electron chi connectivity index (χ3n) is 4.19. The van der Waals surface area contributed by atoms with Crippen LogP contribution in [0.3, 0.4) is 0 Å². The molecule has 3 rings (SSSR count). The summed E-state index contributed by atoms with van der Waals surface area (Å²) < 4.78 is 28.2. The van der Waals surface area contributed by atoms with Crippen molar-refractivity contribution in [2.24, 2.45) is 0 Å². The maximum absolute atomic E-state index is 12.9. The van der Waals surface area contributed by atoms with E-state index in [1.54, 1.807) is 30.4 Å². The Morgan fingerprint density at radius 3 is 2.38 bits per heavy atom. The van der Waals surface area contributed by atoms with Gasteiger partial charge in [0.1, 0.15) is 0 Å². The summed E-state index contributed by atoms with van der Waals surface area (Å²) in [4.78, 5) is 30.8. The van der Waals surface area contributed by atoms with Crippen LogP contribution in [0, 0.1) is 0 Å². The van der Waals surface area contributed by atoms with Crippen LogP contribution in [0.15, 0.2) is 77.5 Å². The van der Waals surface area contributed by atoms with Crippen LogP contribution in [0.1, 0.15) is 10.4 Å². The van der Waals surface area contributed by atoms with Gasteiger partial charge in [-0.25, -0.2) is 13.2 Å². The van der Waals surface area contributed by atoms with Crippen molar-refractivity contribution in [3.63, 3.8) is 0 Å². The highest BCUT2D eigenvalue weighted by Gasteiger charge is 2.21. The van der Waals surface area contributed by atoms with E-state index in [1.165, 1.54) is 29.2 Å². The Balaban J connectivity index is 1.96. The van der Waals surface area contributed by atoms with Gasteiger partial charge in [-0.05, 0) is 30.3 Å². The number of anilines is 1. The SMILES string of the molecule is C=CCN(CC=C)C(=O)c1ccccc1NS(=O)(=O)c1ccc2[nH]c(=O)[nH]c2c1. The third kappa shape index (κ3) is 4.30. The Hall–Kier alpha value is -3.59. The molecule has 0 aliphatic carbocycles. The number of H-pyrrole nitrogens is 2. The zero-order valence-corrected chi connectivity index (χ0v) is 16.3. The van der Waals surface area contributed by atoms with Gasteiger partial charge in [-0.3, -0.25) is 9.52 Å². The van der Waals surface area contributed by atoms with Gasteiger partial charge in [0.05, 0.1) is 27.2 Å². The van der Waals surface area contributed by atoms with Crippen molar-refractivity contribution < 1.29 is 13.2 Å². The number of amides is 1. The fourth-order valence-corrected chi connectivity index (χ4v) is 3.97. The molecule has 0 aliphatic rings. The predicted molar refractivity (Wildman–Crippen MR) is 112 cm³/mol. The van der Waals surface area contributed by atoms with Crippen LogP contribution in [0.5, 0.6) is 0 Å². The minimum atomic E-state index is -4.00. The molecule has 3 N–H and O–H groups in total. The number of hydrogen-bond acceptors (Lipinski definition) is 4. The van der Waals surface area contributed by atoms with Crippen molar-refractivity contribution >= 4 is 32.7 Å². The number of hydrogen-bond donors (Lipinski definition) is 3. The van der Waals surface area contributed by atoms with E-state index in [9.17, 15) is 18.0 Å². The first-order chi connectivity index (χ1) is 13.9. The maximum Gasteiger partial charge on any atom is 0.323 e. The van der Waals surface area contributed by atoms with E-state index in [-0.39, 0.29) is 22.1 Å². The number of carbonyl (C=O) groups excluding carboxylic acids is 1. The molecule has 29 heavy (non-hydrogen) atoms. The van der Waals surface area contributed by atoms with Crippen LogP contribution < -0.4 is 10.4 Å². The largest absolute Gasteiger partial charge is 0.331 e. The topological polar surface area (TPSA) is 115 Å². The van der Waals surface area contributed by atoms with Gasteiger partial charge in [0, 0.05) is 13.1 Å². The summed E-state index contributed by atoms with van der Waals surface area (Å²) in [6.07, 6.45) is 3.17. The highest BCUT2D eigenvalue weighted by atomic mass is 32.2. The van der Waals surface area contributed by atoms with E-state index in [1.807, 2.05) is 0 Å². The van der Waals surface area contributed by atoms with Gasteiger partial charge in [0.15, 0.2) is 0 Å². The summed E-state index contributed by atoms with van der Waals surface area (Å²) in [6.45, 7) is 7.87. The highest BCUT2D eigenvalue weighted by molar-refractivity contribution is 7.92. The molecular weight excluding hydrogens is 392 g/mol. The molecule has 9 heteroatoms. The van der Waals surface area contributed by atoms with E-state index in [2.05, 4.69) is 27.8 Å². The van der Waals surface area contributed by atoms with E-state index in [0.29, 0.717) is 24.1 Å². The first kappa shape index (κ1) is 20.2. The number of carbonyl (C=O) groups is 1. The molecule has 0 bridgehead atoms. The van der Waals surface area contributed by atoms with Crippen molar-refractivity contribution in [3.8, 4) is 0 Å². The average Bonchev–Trinajstić information content (AvgIpc) is 3.06. The number of benzene rings is 2. The predicted octanol–water partition coefficient (Wildman–Crippen LogP) is 2.47. The van der Waals surface area contributed by atoms with Crippen molar-refractivity contribution in [2.75, 3.05) is 17.8 Å². The second kappa shape index (κ2) is 8.19. The molecule has 0 atom stereocenters. The Labute approximate surface area is 167 Å². The van der Waals surface area contributed by atoms with Gasteiger partial charge < -0.3 is 14.9 Å². The van der Waals surface area contributed by atoms with Crippen LogP contribution in [0.25, 0.3) is 11.0 Å². The molecule has 150 valence electrons. The van der Waals surface area contributed by atoms with Crippen LogP contribution in [-0.2, 0) is 10.0 Å². The molecule has 0 aliphatic heterocycles. The van der Waals surface area contributed by atoms with Crippen LogP contribution in [0.4, 0.5) is 5.69 Å². The summed E-state index contributed by atoms with van der Waals surface area (Å²) in [5.41, 5.74) is 0.788. The monoisotopic (exact) mass is 412 g/mol. The number of rotatable bonds is 8. The third-order valence-corrected chi connectivity index (χ3v) is 5.55. The van der Waals surface area contributed by atoms with Crippen molar-refractivity contribution in [3.05, 3.63) is 83.8 Å². The summed E-state index contributed by atoms with van der Waals surface area (Å²) in [5, 5.41) is 0. The first-order valence-electron chi connectivity index (χ1n) is 8.70. The zero-order valence-electron chi connectivity index (χ0n) is 15.5. The molecular formula is C20H20N4O4S. The molecule has 3 aromatic rings. The molecule has 0 saturated carbocycles. The molecule has 0 fully saturated rings. The van der Waals surface area contributed by atoms with Crippen LogP contribution in [-0.4, -0.2) is 42.3 Å². The number of imidazole rings is 1. The lowest BCUT2D eigenvalue weighted by molar-refractivity contribution is 0.0792. The van der Waals surface area contributed by atoms with Gasteiger partial charge in [-0.15, -0.1) is 13.2 Å². The Bertz CT molecular complexity index is 1230. The number of para-hydroxylation sites is 1. The number of aromatic amines is 2. The van der Waals surface area contributed by atoms with Crippen LogP contribution >= 0.6 is 0 Å². The van der Waals surface area contributed by atoms with E-state index in [4.69, 9.17) is 0 Å². The quantitative estimate of drug-likeness (QED) is 0.493. The fraction of sp³-hybridized carbons (Fsp3) is 0.100. The molecule has 1 amide bonds. The lowest BCUT2D eigenvalue weighted by Gasteiger charge is -2.21. The Morgan fingerprint density at radius 1 is 1.03 bits per heavy atom. The lowest BCUT2D eigenvalue weighted by Crippen LogP contribution is -2.32. The second-order valence-corrected chi connectivity index (χ2v) is 7.91. The normalized spacial score (nSPS) is 11.2. The Kier molecular flexibility index (Phi) is 5.69. The standard InChI is InChI=1S/C20H20N4O4S/c1-3-11-24(12-4-2)19(25)15-7-5-6-8-16(15)23-29(27,28)14-9-10-17-18(13-14)22-20(26)21-17/h3-10,13,23H,1-2,11-12H2,(H2,21,22,26). The number of nitrogens with one attached hydrogen (secondary N) is 3. The fourth-order valence-electron chi connectivity index (χ4n) is 2.86. The molecule has 0 saturated heterocycles. The molecule has 8 nitrogen and oxygen atoms in total. The zero-order chi connectivity index (χ0) is 21.0. The molecule has 0 spiro atoms. The summed E-state index contributed by atoms with van der Waals surface area (Å²) in [6, 6.07) is 10.6. The molecule has 0 radical (unpaired) electrons. The van der Waals surface area contributed by atoms with Gasteiger partial charge in [0.25, 0.3) is 15.9 Å². The van der Waals surface area contributed by atoms with E-state index in [0.717, 1.165) is 0 Å². The minimum Gasteiger partial charge on any atom is -0.331 e. The van der Waals surface area contributed by atoms with E-state index >= 15 is 0 Å². The second-order valence-electron chi connectivity index (χ2n) is 6.23. The number of nitrogens with zero attached hydrogens (tertiary/aromatic N) is 1. The van der Waals surface area contributed by atoms with Crippen LogP contribution in [0.2, 0.25) is 0 Å². The highest BCUT2D eigenvalue weighted by Crippen LogP contribution is 2.23. The molecule has 0 unspecified atom stereocenters. The summed E-state index contributed by atoms with van der Waals surface area (Å²) >= 11 is 0. The van der Waals surface area contributed by atoms with Gasteiger partial charge >= 0.3 is 5.69 Å². The van der Waals surface area contributed by atoms with E-state index < -0.39 is 15.7 Å². The molecule has 1 aromatic heterocycles. The number of sulfonamides is 1. The molecule has 2 aromatic carbocycles. The van der Waals surface area contributed by atoms with Crippen molar-refractivity contribution in [2.45, 2.75) is 4.90 Å². The Morgan fingerprint density at radius 2 is 1.69 bits per heavy atom. The summed E-state index contributed by atoms with van der Waals surface area (Å²) in [5.74, 6) is -0.353. The number of aromatic nitrogens is 2. The smallest absolute Gasteiger partial charge is 0.323 e. The molecule has 1 heterocycles. The van der Waals surface area contributed by atoms with Crippen molar-refractivity contribution in [1.29, 1.82) is 0 Å². The average molecular weight is 412 g/mol. The first-order valence-corrected chi connectivity index (χ1v) is 10.2. The number of fused-ring (bicyclic) bond motifs is 1.